The zero-order valence-corrected chi connectivity index (χ0v) is 11.1. The maximum absolute atomic E-state index is 12.8. The second-order valence-corrected chi connectivity index (χ2v) is 2.93. The topological polar surface area (TPSA) is 0 Å². The summed E-state index contributed by atoms with van der Waals surface area (Å²) in [5, 5.41) is 0. The van der Waals surface area contributed by atoms with Crippen LogP contribution >= 0.6 is 11.8 Å². The van der Waals surface area contributed by atoms with Crippen LogP contribution in [0.25, 0.3) is 0 Å². The minimum Gasteiger partial charge on any atom is -0.579 e. The van der Waals surface area contributed by atoms with Crippen molar-refractivity contribution in [3.05, 3.63) is 23.5 Å². The Balaban J connectivity index is 0.00000144. The van der Waals surface area contributed by atoms with Gasteiger partial charge in [0.15, 0.2) is 17.5 Å². The fraction of sp³-hybridized carbons (Fsp3) is 0.143. The Morgan fingerprint density at radius 3 is 2.23 bits per heavy atom. The molecular formula is C7H4BF3KS. The molecule has 13 heavy (non-hydrogen) atoms. The molecule has 1 aromatic rings. The summed E-state index contributed by atoms with van der Waals surface area (Å²) >= 11 is 0.938. The fourth-order valence-electron chi connectivity index (χ4n) is 0.804. The van der Waals surface area contributed by atoms with Gasteiger partial charge in [0.1, 0.15) is 0 Å². The molecule has 0 saturated heterocycles. The van der Waals surface area contributed by atoms with Gasteiger partial charge in [0.25, 0.3) is 0 Å². The zero-order chi connectivity index (χ0) is 9.30. The van der Waals surface area contributed by atoms with Crippen LogP contribution in [-0.4, -0.2) is 14.1 Å². The van der Waals surface area contributed by atoms with Crippen LogP contribution in [0.4, 0.5) is 13.2 Å². The first-order valence-corrected chi connectivity index (χ1v) is 4.27. The summed E-state index contributed by atoms with van der Waals surface area (Å²) in [6, 6.07) is 0.768. The summed E-state index contributed by atoms with van der Waals surface area (Å²) in [5.41, 5.74) is -0.0844. The molecule has 0 heterocycles. The molecule has 0 spiro atoms. The van der Waals surface area contributed by atoms with Crippen molar-refractivity contribution < 1.29 is 64.6 Å². The van der Waals surface area contributed by atoms with E-state index >= 15 is 0 Å². The smallest absolute Gasteiger partial charge is 0.579 e. The van der Waals surface area contributed by atoms with Crippen LogP contribution in [0.5, 0.6) is 0 Å². The molecule has 0 amide bonds. The van der Waals surface area contributed by atoms with Gasteiger partial charge in [-0.05, 0) is 6.26 Å². The summed E-state index contributed by atoms with van der Waals surface area (Å²) < 4.78 is 37.8. The Bertz CT molecular complexity index is 319. The van der Waals surface area contributed by atoms with Gasteiger partial charge in [0, 0.05) is 4.90 Å². The normalized spacial score (nSPS) is 9.62. The van der Waals surface area contributed by atoms with E-state index in [1.807, 2.05) is 0 Å². The molecule has 0 aliphatic rings. The Hall–Kier alpha value is 1.06. The average molecular weight is 227 g/mol. The minimum atomic E-state index is -1.48. The van der Waals surface area contributed by atoms with Gasteiger partial charge in [0.2, 0.25) is 0 Å². The largest absolute Gasteiger partial charge is 1.00 e. The molecule has 1 rings (SSSR count). The van der Waals surface area contributed by atoms with Crippen molar-refractivity contribution in [2.24, 2.45) is 0 Å². The van der Waals surface area contributed by atoms with Crippen molar-refractivity contribution in [2.45, 2.75) is 4.90 Å². The molecule has 0 unspecified atom stereocenters. The Morgan fingerprint density at radius 1 is 1.23 bits per heavy atom. The molecule has 0 bridgehead atoms. The van der Waals surface area contributed by atoms with Gasteiger partial charge in [-0.15, -0.1) is 11.8 Å². The van der Waals surface area contributed by atoms with Gasteiger partial charge in [0.05, 0.1) is 0 Å². The van der Waals surface area contributed by atoms with Gasteiger partial charge in [-0.2, -0.15) is 0 Å². The van der Waals surface area contributed by atoms with E-state index in [1.54, 1.807) is 0 Å². The minimum absolute atomic E-state index is 0. The third kappa shape index (κ3) is 3.00. The first kappa shape index (κ1) is 14.1. The second-order valence-electron chi connectivity index (χ2n) is 2.11. The van der Waals surface area contributed by atoms with E-state index in [0.717, 1.165) is 17.8 Å². The number of halogens is 3. The van der Waals surface area contributed by atoms with Crippen LogP contribution in [-0.2, 0) is 0 Å². The second kappa shape index (κ2) is 5.82. The van der Waals surface area contributed by atoms with Gasteiger partial charge in [-0.1, -0.05) is 6.07 Å². The molecule has 63 valence electrons. The van der Waals surface area contributed by atoms with Gasteiger partial charge >= 0.3 is 51.4 Å². The molecule has 0 N–H and O–H groups in total. The Morgan fingerprint density at radius 2 is 1.77 bits per heavy atom. The third-order valence-corrected chi connectivity index (χ3v) is 2.17. The van der Waals surface area contributed by atoms with Gasteiger partial charge in [-0.25, -0.2) is 13.2 Å². The average Bonchev–Trinajstić information content (AvgIpc) is 2.01. The maximum Gasteiger partial charge on any atom is 1.00 e. The van der Waals surface area contributed by atoms with E-state index in [9.17, 15) is 13.2 Å². The first-order chi connectivity index (χ1) is 5.57. The van der Waals surface area contributed by atoms with E-state index in [4.69, 9.17) is 7.85 Å². The Labute approximate surface area is 122 Å². The van der Waals surface area contributed by atoms with Crippen LogP contribution in [0.2, 0.25) is 0 Å². The molecular weight excluding hydrogens is 223 g/mol. The van der Waals surface area contributed by atoms with Crippen LogP contribution < -0.4 is 56.8 Å². The Kier molecular flexibility index (Phi) is 6.30. The summed E-state index contributed by atoms with van der Waals surface area (Å²) in [4.78, 5) is -0.0612. The third-order valence-electron chi connectivity index (χ3n) is 1.35. The van der Waals surface area contributed by atoms with Crippen molar-refractivity contribution in [1.29, 1.82) is 0 Å². The molecule has 3 radical (unpaired) electrons. The van der Waals surface area contributed by atoms with E-state index in [-0.39, 0.29) is 61.7 Å². The van der Waals surface area contributed by atoms with E-state index in [2.05, 4.69) is 0 Å². The molecule has 0 saturated carbocycles. The summed E-state index contributed by atoms with van der Waals surface area (Å²) in [5.74, 6) is -3.96. The zero-order valence-electron chi connectivity index (χ0n) is 7.20. The molecule has 0 nitrogen and oxygen atoms in total. The molecule has 0 aliphatic heterocycles. The van der Waals surface area contributed by atoms with E-state index in [0.29, 0.717) is 0 Å². The van der Waals surface area contributed by atoms with Crippen molar-refractivity contribution in [1.82, 2.24) is 0 Å². The number of hydrogen-bond donors (Lipinski definition) is 0. The van der Waals surface area contributed by atoms with E-state index < -0.39 is 17.5 Å². The van der Waals surface area contributed by atoms with Crippen molar-refractivity contribution in [3.63, 3.8) is 0 Å². The van der Waals surface area contributed by atoms with E-state index in [1.165, 1.54) is 6.26 Å². The molecule has 0 aliphatic carbocycles. The van der Waals surface area contributed by atoms with Crippen LogP contribution in [0.15, 0.2) is 11.0 Å². The SMILES string of the molecule is [B-]c1cc(F)c(F)c(F)c1SC.[K+]. The summed E-state index contributed by atoms with van der Waals surface area (Å²) in [6.45, 7) is 0. The quantitative estimate of drug-likeness (QED) is 0.324. The van der Waals surface area contributed by atoms with Crippen molar-refractivity contribution >= 4 is 25.1 Å². The van der Waals surface area contributed by atoms with Crippen molar-refractivity contribution in [2.75, 3.05) is 6.26 Å². The number of benzene rings is 1. The van der Waals surface area contributed by atoms with Crippen LogP contribution in [0, 0.1) is 17.5 Å². The molecule has 0 aromatic heterocycles. The van der Waals surface area contributed by atoms with Gasteiger partial charge < -0.3 is 7.85 Å². The number of rotatable bonds is 1. The van der Waals surface area contributed by atoms with Gasteiger partial charge in [-0.3, -0.25) is 5.46 Å². The molecule has 0 fully saturated rings. The first-order valence-electron chi connectivity index (χ1n) is 3.05. The fourth-order valence-corrected chi connectivity index (χ4v) is 1.37. The number of thioether (sulfide) groups is 1. The summed E-state index contributed by atoms with van der Waals surface area (Å²) in [6.07, 6.45) is 1.53. The molecule has 6 heteroatoms. The van der Waals surface area contributed by atoms with Crippen LogP contribution in [0.1, 0.15) is 0 Å². The number of hydrogen-bond acceptors (Lipinski definition) is 1. The predicted molar refractivity (Wildman–Crippen MR) is 43.5 cm³/mol. The standard InChI is InChI=1S/C7H4BF3S.K/c1-12-7-3(8)2-4(9)5(10)6(7)11;/h2H,1H3;/q-1;+1. The monoisotopic (exact) mass is 227 g/mol. The maximum atomic E-state index is 12.8. The van der Waals surface area contributed by atoms with Crippen molar-refractivity contribution in [3.8, 4) is 0 Å². The molecule has 1 aromatic carbocycles. The summed E-state index contributed by atoms with van der Waals surface area (Å²) in [7, 11) is 5.23. The predicted octanol–water partition coefficient (Wildman–Crippen LogP) is -1.38. The van der Waals surface area contributed by atoms with Crippen LogP contribution in [0.3, 0.4) is 0 Å². The molecule has 0 atom stereocenters.